The van der Waals surface area contributed by atoms with Crippen molar-refractivity contribution in [3.8, 4) is 22.6 Å². The van der Waals surface area contributed by atoms with Crippen LogP contribution in [0.15, 0.2) is 48.5 Å². The van der Waals surface area contributed by atoms with Crippen LogP contribution in [0.3, 0.4) is 0 Å². The minimum Gasteiger partial charge on any atom is -0.446 e. The summed E-state index contributed by atoms with van der Waals surface area (Å²) >= 11 is 0. The van der Waals surface area contributed by atoms with Crippen LogP contribution in [0.4, 0.5) is 43.9 Å². The molecule has 4 rings (SSSR count). The van der Waals surface area contributed by atoms with Crippen molar-refractivity contribution in [3.05, 3.63) is 82.9 Å². The van der Waals surface area contributed by atoms with E-state index >= 15 is 0 Å². The minimum atomic E-state index is -5.63. The van der Waals surface area contributed by atoms with Gasteiger partial charge in [0, 0.05) is 12.1 Å². The Balaban J connectivity index is 1.50. The van der Waals surface area contributed by atoms with E-state index in [1.165, 1.54) is 6.42 Å². The molecule has 12 heteroatoms. The molecule has 0 aliphatic heterocycles. The van der Waals surface area contributed by atoms with Gasteiger partial charge in [0.2, 0.25) is 0 Å². The van der Waals surface area contributed by atoms with Crippen LogP contribution in [0.5, 0.6) is 11.5 Å². The molecule has 1 aliphatic carbocycles. The maximum atomic E-state index is 14.8. The third-order valence-corrected chi connectivity index (χ3v) is 7.29. The molecule has 0 N–H and O–H groups in total. The maximum Gasteiger partial charge on any atom is 0.457 e. The average Bonchev–Trinajstić information content (AvgIpc) is 2.90. The summed E-state index contributed by atoms with van der Waals surface area (Å²) in [6.45, 7) is 2.16. The number of alkyl halides is 6. The van der Waals surface area contributed by atoms with Crippen LogP contribution in [0.1, 0.15) is 62.5 Å². The summed E-state index contributed by atoms with van der Waals surface area (Å²) in [4.78, 5) is 0. The van der Waals surface area contributed by atoms with Crippen molar-refractivity contribution in [2.24, 2.45) is 5.92 Å². The second-order valence-corrected chi connectivity index (χ2v) is 10.3. The van der Waals surface area contributed by atoms with E-state index in [1.54, 1.807) is 12.1 Å². The molecule has 42 heavy (non-hydrogen) atoms. The van der Waals surface area contributed by atoms with E-state index in [9.17, 15) is 43.9 Å². The number of ether oxygens (including phenoxy) is 2. The highest BCUT2D eigenvalue weighted by Crippen LogP contribution is 2.41. The van der Waals surface area contributed by atoms with Gasteiger partial charge in [-0.1, -0.05) is 44.0 Å². The van der Waals surface area contributed by atoms with E-state index in [2.05, 4.69) is 16.4 Å². The summed E-state index contributed by atoms with van der Waals surface area (Å²) in [6, 6.07) is 8.14. The Morgan fingerprint density at radius 2 is 1.31 bits per heavy atom. The van der Waals surface area contributed by atoms with Gasteiger partial charge in [-0.3, -0.25) is 0 Å². The summed E-state index contributed by atoms with van der Waals surface area (Å²) in [7, 11) is 0. The molecule has 0 bridgehead atoms. The first-order valence-corrected chi connectivity index (χ1v) is 13.2. The first-order valence-electron chi connectivity index (χ1n) is 13.2. The monoisotopic (exact) mass is 608 g/mol. The van der Waals surface area contributed by atoms with E-state index in [0.717, 1.165) is 43.6 Å². The Kier molecular flexibility index (Phi) is 9.32. The molecular weight excluding hydrogens is 582 g/mol. The van der Waals surface area contributed by atoms with Gasteiger partial charge in [0.25, 0.3) is 0 Å². The quantitative estimate of drug-likeness (QED) is 0.225. The Hall–Kier alpha value is -3.44. The van der Waals surface area contributed by atoms with E-state index < -0.39 is 59.0 Å². The molecule has 0 saturated heterocycles. The molecule has 3 aromatic rings. The molecule has 1 aliphatic rings. The van der Waals surface area contributed by atoms with Gasteiger partial charge in [0.1, 0.15) is 22.9 Å². The maximum absolute atomic E-state index is 14.8. The topological polar surface area (TPSA) is 18.5 Å². The lowest BCUT2D eigenvalue weighted by Crippen LogP contribution is -2.30. The SMILES string of the molecule is CCCC1CCC(c2ccc(-c3cc(F)c(C(F)(F)Oc4cc(F)c(OC(F)C(F)(F)F)c(F)c4)c(F)c3)cc2)CC1. The summed E-state index contributed by atoms with van der Waals surface area (Å²) in [5.41, 5.74) is -0.486. The molecule has 0 spiro atoms. The van der Waals surface area contributed by atoms with Crippen LogP contribution in [-0.2, 0) is 6.11 Å². The Morgan fingerprint density at radius 3 is 1.81 bits per heavy atom. The van der Waals surface area contributed by atoms with Gasteiger partial charge in [-0.05, 0) is 66.3 Å². The van der Waals surface area contributed by atoms with Gasteiger partial charge < -0.3 is 9.47 Å². The molecule has 0 aromatic heterocycles. The Labute approximate surface area is 235 Å². The average molecular weight is 609 g/mol. The van der Waals surface area contributed by atoms with Gasteiger partial charge in [0.15, 0.2) is 17.4 Å². The van der Waals surface area contributed by atoms with Crippen LogP contribution in [0, 0.1) is 29.2 Å². The molecule has 0 heterocycles. The fourth-order valence-electron chi connectivity index (χ4n) is 5.24. The normalized spacial score (nSPS) is 18.5. The van der Waals surface area contributed by atoms with Crippen LogP contribution in [0.2, 0.25) is 0 Å². The third kappa shape index (κ3) is 7.12. The molecule has 0 amide bonds. The third-order valence-electron chi connectivity index (χ3n) is 7.29. The van der Waals surface area contributed by atoms with Gasteiger partial charge >= 0.3 is 18.6 Å². The summed E-state index contributed by atoms with van der Waals surface area (Å²) in [5.74, 6) is -9.63. The first kappa shape index (κ1) is 31.5. The molecule has 1 saturated carbocycles. The predicted molar refractivity (Wildman–Crippen MR) is 134 cm³/mol. The zero-order chi connectivity index (χ0) is 30.8. The van der Waals surface area contributed by atoms with Crippen molar-refractivity contribution in [2.45, 2.75) is 70.0 Å². The lowest BCUT2D eigenvalue weighted by Gasteiger charge is -2.28. The van der Waals surface area contributed by atoms with E-state index in [4.69, 9.17) is 0 Å². The largest absolute Gasteiger partial charge is 0.457 e. The highest BCUT2D eigenvalue weighted by Gasteiger charge is 2.44. The molecule has 228 valence electrons. The minimum absolute atomic E-state index is 0.0442. The predicted octanol–water partition coefficient (Wildman–Crippen LogP) is 10.3. The Bertz CT molecular complexity index is 1330. The fraction of sp³-hybridized carbons (Fsp3) is 0.400. The molecule has 0 radical (unpaired) electrons. The van der Waals surface area contributed by atoms with Gasteiger partial charge in [-0.2, -0.15) is 26.3 Å². The van der Waals surface area contributed by atoms with Crippen LogP contribution in [-0.4, -0.2) is 12.5 Å². The fourth-order valence-corrected chi connectivity index (χ4v) is 5.24. The molecule has 1 fully saturated rings. The van der Waals surface area contributed by atoms with Crippen molar-refractivity contribution in [3.63, 3.8) is 0 Å². The van der Waals surface area contributed by atoms with Crippen LogP contribution < -0.4 is 9.47 Å². The van der Waals surface area contributed by atoms with Crippen LogP contribution >= 0.6 is 0 Å². The standard InChI is InChI=1S/C30H26F10O2/c1-2-3-16-4-6-17(7-5-16)18-8-10-19(11-9-18)20-12-22(31)26(23(32)13-20)30(39,40)42-21-14-24(33)27(25(34)15-21)41-28(35)29(36,37)38/h8-17,28H,2-7H2,1H3. The lowest BCUT2D eigenvalue weighted by atomic mass is 9.77. The van der Waals surface area contributed by atoms with E-state index in [0.29, 0.717) is 23.6 Å². The molecular formula is C30H26F10O2. The zero-order valence-corrected chi connectivity index (χ0v) is 22.2. The van der Waals surface area contributed by atoms with Crippen molar-refractivity contribution >= 4 is 0 Å². The number of hydrogen-bond acceptors (Lipinski definition) is 2. The second-order valence-electron chi connectivity index (χ2n) is 10.3. The number of hydrogen-bond donors (Lipinski definition) is 0. The van der Waals surface area contributed by atoms with Gasteiger partial charge in [0.05, 0.1) is 0 Å². The van der Waals surface area contributed by atoms with Gasteiger partial charge in [-0.15, -0.1) is 0 Å². The lowest BCUT2D eigenvalue weighted by molar-refractivity contribution is -0.237. The molecule has 3 aromatic carbocycles. The van der Waals surface area contributed by atoms with Crippen molar-refractivity contribution in [1.82, 2.24) is 0 Å². The van der Waals surface area contributed by atoms with Crippen LogP contribution in [0.25, 0.3) is 11.1 Å². The highest BCUT2D eigenvalue weighted by molar-refractivity contribution is 5.64. The smallest absolute Gasteiger partial charge is 0.446 e. The number of benzene rings is 3. The van der Waals surface area contributed by atoms with Crippen molar-refractivity contribution in [2.75, 3.05) is 0 Å². The van der Waals surface area contributed by atoms with Gasteiger partial charge in [-0.25, -0.2) is 17.6 Å². The first-order chi connectivity index (χ1) is 19.7. The summed E-state index contributed by atoms with van der Waals surface area (Å²) in [6.07, 6.45) is -7.90. The van der Waals surface area contributed by atoms with E-state index in [1.807, 2.05) is 12.1 Å². The van der Waals surface area contributed by atoms with E-state index in [-0.39, 0.29) is 17.7 Å². The summed E-state index contributed by atoms with van der Waals surface area (Å²) in [5, 5.41) is 0. The molecule has 1 unspecified atom stereocenters. The number of rotatable bonds is 9. The summed E-state index contributed by atoms with van der Waals surface area (Å²) < 4.78 is 145. The Morgan fingerprint density at radius 1 is 0.762 bits per heavy atom. The van der Waals surface area contributed by atoms with Crippen molar-refractivity contribution in [1.29, 1.82) is 0 Å². The van der Waals surface area contributed by atoms with Crippen molar-refractivity contribution < 1.29 is 53.4 Å². The molecule has 2 nitrogen and oxygen atoms in total. The zero-order valence-electron chi connectivity index (χ0n) is 22.2. The highest BCUT2D eigenvalue weighted by atomic mass is 19.4. The number of halogens is 10. The molecule has 1 atom stereocenters. The second kappa shape index (κ2) is 12.4.